The summed E-state index contributed by atoms with van der Waals surface area (Å²) in [5.74, 6) is -0.128. The van der Waals surface area contributed by atoms with Crippen LogP contribution in [-0.2, 0) is 0 Å². The first-order chi connectivity index (χ1) is 9.26. The molecular weight excluding hydrogens is 245 g/mol. The number of aromatic nitrogens is 2. The number of nitrogens with one attached hydrogen (secondary N) is 1. The number of ether oxygens (including phenoxy) is 1. The van der Waals surface area contributed by atoms with Crippen LogP contribution in [0.2, 0.25) is 0 Å². The molecule has 0 aliphatic rings. The second kappa shape index (κ2) is 6.24. The van der Waals surface area contributed by atoms with E-state index in [-0.39, 0.29) is 17.6 Å². The second-order valence-corrected chi connectivity index (χ2v) is 4.06. The van der Waals surface area contributed by atoms with Gasteiger partial charge in [0.05, 0.1) is 19.3 Å². The molecule has 1 N–H and O–H groups in total. The molecule has 1 atom stereocenters. The lowest BCUT2D eigenvalue weighted by Crippen LogP contribution is -2.22. The van der Waals surface area contributed by atoms with Crippen LogP contribution in [0.3, 0.4) is 0 Å². The molecule has 0 radical (unpaired) electrons. The van der Waals surface area contributed by atoms with E-state index in [0.717, 1.165) is 17.7 Å². The number of halogens is 1. The summed E-state index contributed by atoms with van der Waals surface area (Å²) >= 11 is 0. The molecule has 0 amide bonds. The van der Waals surface area contributed by atoms with Crippen molar-refractivity contribution < 1.29 is 9.13 Å². The van der Waals surface area contributed by atoms with Gasteiger partial charge in [0.25, 0.3) is 0 Å². The Morgan fingerprint density at radius 1 is 1.26 bits per heavy atom. The fraction of sp³-hybridized carbons (Fsp3) is 0.286. The van der Waals surface area contributed by atoms with Crippen LogP contribution < -0.4 is 10.1 Å². The fourth-order valence-electron chi connectivity index (χ4n) is 1.97. The summed E-state index contributed by atoms with van der Waals surface area (Å²) < 4.78 is 18.7. The van der Waals surface area contributed by atoms with Crippen LogP contribution in [0.5, 0.6) is 5.75 Å². The van der Waals surface area contributed by atoms with Crippen LogP contribution >= 0.6 is 0 Å². The summed E-state index contributed by atoms with van der Waals surface area (Å²) in [4.78, 5) is 0. The molecule has 0 saturated carbocycles. The molecule has 4 nitrogen and oxygen atoms in total. The van der Waals surface area contributed by atoms with Gasteiger partial charge < -0.3 is 10.1 Å². The molecule has 100 valence electrons. The molecular formula is C14H16FN3O. The van der Waals surface area contributed by atoms with Crippen molar-refractivity contribution in [3.05, 3.63) is 53.6 Å². The lowest BCUT2D eigenvalue weighted by molar-refractivity contribution is 0.385. The first kappa shape index (κ1) is 13.4. The standard InChI is InChI=1S/C14H16FN3O/c1-3-16-14(11-6-7-17-18-9-11)10-4-5-13(19-2)12(15)8-10/h4-9,14,16H,3H2,1-2H3. The van der Waals surface area contributed by atoms with E-state index in [1.807, 2.05) is 19.1 Å². The van der Waals surface area contributed by atoms with Crippen LogP contribution in [0, 0.1) is 5.82 Å². The minimum absolute atomic E-state index is 0.110. The molecule has 0 saturated heterocycles. The van der Waals surface area contributed by atoms with Gasteiger partial charge in [-0.3, -0.25) is 0 Å². The molecule has 1 aromatic heterocycles. The van der Waals surface area contributed by atoms with Crippen LogP contribution in [-0.4, -0.2) is 23.9 Å². The molecule has 1 aromatic carbocycles. The zero-order valence-electron chi connectivity index (χ0n) is 10.9. The van der Waals surface area contributed by atoms with Crippen molar-refractivity contribution in [2.75, 3.05) is 13.7 Å². The van der Waals surface area contributed by atoms with Gasteiger partial charge in [-0.1, -0.05) is 13.0 Å². The highest BCUT2D eigenvalue weighted by molar-refractivity contribution is 5.35. The van der Waals surface area contributed by atoms with E-state index in [4.69, 9.17) is 4.74 Å². The van der Waals surface area contributed by atoms with Crippen LogP contribution in [0.1, 0.15) is 24.1 Å². The summed E-state index contributed by atoms with van der Waals surface area (Å²) in [6.45, 7) is 2.77. The normalized spacial score (nSPS) is 12.2. The molecule has 5 heteroatoms. The highest BCUT2D eigenvalue weighted by Gasteiger charge is 2.15. The van der Waals surface area contributed by atoms with E-state index in [1.54, 1.807) is 18.5 Å². The lowest BCUT2D eigenvalue weighted by Gasteiger charge is -2.18. The molecule has 0 aliphatic carbocycles. The van der Waals surface area contributed by atoms with Crippen molar-refractivity contribution in [3.63, 3.8) is 0 Å². The molecule has 19 heavy (non-hydrogen) atoms. The molecule has 0 spiro atoms. The van der Waals surface area contributed by atoms with Gasteiger partial charge >= 0.3 is 0 Å². The van der Waals surface area contributed by atoms with Crippen molar-refractivity contribution in [2.45, 2.75) is 13.0 Å². The SMILES string of the molecule is CCNC(c1ccnnc1)c1ccc(OC)c(F)c1. The number of rotatable bonds is 5. The average molecular weight is 261 g/mol. The Labute approximate surface area is 111 Å². The quantitative estimate of drug-likeness (QED) is 0.897. The predicted octanol–water partition coefficient (Wildman–Crippen LogP) is 2.32. The summed E-state index contributed by atoms with van der Waals surface area (Å²) in [7, 11) is 1.45. The lowest BCUT2D eigenvalue weighted by atomic mass is 10.0. The number of methoxy groups -OCH3 is 1. The van der Waals surface area contributed by atoms with Gasteiger partial charge in [-0.25, -0.2) is 4.39 Å². The maximum absolute atomic E-state index is 13.8. The van der Waals surface area contributed by atoms with E-state index in [0.29, 0.717) is 0 Å². The van der Waals surface area contributed by atoms with Gasteiger partial charge in [-0.15, -0.1) is 0 Å². The van der Waals surface area contributed by atoms with Gasteiger partial charge in [-0.05, 0) is 35.9 Å². The highest BCUT2D eigenvalue weighted by atomic mass is 19.1. The van der Waals surface area contributed by atoms with Crippen molar-refractivity contribution in [1.82, 2.24) is 15.5 Å². The maximum Gasteiger partial charge on any atom is 0.165 e. The van der Waals surface area contributed by atoms with Crippen LogP contribution in [0.15, 0.2) is 36.7 Å². The molecule has 0 fully saturated rings. The van der Waals surface area contributed by atoms with Crippen LogP contribution in [0.25, 0.3) is 0 Å². The fourth-order valence-corrected chi connectivity index (χ4v) is 1.97. The highest BCUT2D eigenvalue weighted by Crippen LogP contribution is 2.25. The van der Waals surface area contributed by atoms with E-state index in [1.165, 1.54) is 13.2 Å². The topological polar surface area (TPSA) is 47.0 Å². The van der Waals surface area contributed by atoms with Gasteiger partial charge in [0.1, 0.15) is 0 Å². The molecule has 2 aromatic rings. The molecule has 2 rings (SSSR count). The van der Waals surface area contributed by atoms with Gasteiger partial charge in [0, 0.05) is 6.20 Å². The molecule has 0 aliphatic heterocycles. The average Bonchev–Trinajstić information content (AvgIpc) is 2.45. The minimum atomic E-state index is -0.370. The number of benzene rings is 1. The first-order valence-corrected chi connectivity index (χ1v) is 6.09. The summed E-state index contributed by atoms with van der Waals surface area (Å²) in [5, 5.41) is 10.9. The minimum Gasteiger partial charge on any atom is -0.494 e. The third kappa shape index (κ3) is 3.06. The summed E-state index contributed by atoms with van der Waals surface area (Å²) in [5.41, 5.74) is 1.77. The third-order valence-corrected chi connectivity index (χ3v) is 2.86. The summed E-state index contributed by atoms with van der Waals surface area (Å²) in [6.07, 6.45) is 3.30. The Hall–Kier alpha value is -2.01. The van der Waals surface area contributed by atoms with Crippen molar-refractivity contribution >= 4 is 0 Å². The Morgan fingerprint density at radius 3 is 2.68 bits per heavy atom. The van der Waals surface area contributed by atoms with E-state index < -0.39 is 0 Å². The van der Waals surface area contributed by atoms with Crippen LogP contribution in [0.4, 0.5) is 4.39 Å². The molecule has 0 bridgehead atoms. The Balaban J connectivity index is 2.37. The van der Waals surface area contributed by atoms with E-state index >= 15 is 0 Å². The Bertz CT molecular complexity index is 533. The predicted molar refractivity (Wildman–Crippen MR) is 70.5 cm³/mol. The van der Waals surface area contributed by atoms with Crippen molar-refractivity contribution in [1.29, 1.82) is 0 Å². The number of nitrogens with zero attached hydrogens (tertiary/aromatic N) is 2. The number of hydrogen-bond donors (Lipinski definition) is 1. The Morgan fingerprint density at radius 2 is 2.11 bits per heavy atom. The molecule has 1 unspecified atom stereocenters. The van der Waals surface area contributed by atoms with Crippen molar-refractivity contribution in [3.8, 4) is 5.75 Å². The van der Waals surface area contributed by atoms with E-state index in [2.05, 4.69) is 15.5 Å². The Kier molecular flexibility index (Phi) is 4.41. The van der Waals surface area contributed by atoms with E-state index in [9.17, 15) is 4.39 Å². The second-order valence-electron chi connectivity index (χ2n) is 4.06. The van der Waals surface area contributed by atoms with Crippen molar-refractivity contribution in [2.24, 2.45) is 0 Å². The summed E-state index contributed by atoms with van der Waals surface area (Å²) in [6, 6.07) is 6.70. The third-order valence-electron chi connectivity index (χ3n) is 2.86. The monoisotopic (exact) mass is 261 g/mol. The zero-order chi connectivity index (χ0) is 13.7. The van der Waals surface area contributed by atoms with Gasteiger partial charge in [-0.2, -0.15) is 10.2 Å². The zero-order valence-corrected chi connectivity index (χ0v) is 10.9. The largest absolute Gasteiger partial charge is 0.494 e. The smallest absolute Gasteiger partial charge is 0.165 e. The number of hydrogen-bond acceptors (Lipinski definition) is 4. The molecule has 1 heterocycles. The van der Waals surface area contributed by atoms with Gasteiger partial charge in [0.2, 0.25) is 0 Å². The van der Waals surface area contributed by atoms with Gasteiger partial charge in [0.15, 0.2) is 11.6 Å². The first-order valence-electron chi connectivity index (χ1n) is 6.09. The maximum atomic E-state index is 13.8.